The van der Waals surface area contributed by atoms with Gasteiger partial charge in [-0.05, 0) is 39.1 Å². The summed E-state index contributed by atoms with van der Waals surface area (Å²) >= 11 is 0. The van der Waals surface area contributed by atoms with Gasteiger partial charge in [0.2, 0.25) is 0 Å². The highest BCUT2D eigenvalue weighted by Gasteiger charge is 2.10. The summed E-state index contributed by atoms with van der Waals surface area (Å²) in [5.41, 5.74) is 1.18. The van der Waals surface area contributed by atoms with E-state index < -0.39 is 0 Å². The molecule has 0 spiro atoms. The number of hydrogen-bond donors (Lipinski definition) is 2. The Morgan fingerprint density at radius 3 is 2.58 bits per heavy atom. The minimum absolute atomic E-state index is 0.103. The fraction of sp³-hybridized carbons (Fsp3) is 0.438. The molecule has 2 aromatic rings. The van der Waals surface area contributed by atoms with Gasteiger partial charge in [-0.2, -0.15) is 0 Å². The Labute approximate surface area is 115 Å². The van der Waals surface area contributed by atoms with Crippen molar-refractivity contribution in [3.8, 4) is 0 Å². The third-order valence-electron chi connectivity index (χ3n) is 2.94. The summed E-state index contributed by atoms with van der Waals surface area (Å²) in [4.78, 5) is 4.72. The van der Waals surface area contributed by atoms with Crippen LogP contribution in [0, 0.1) is 0 Å². The summed E-state index contributed by atoms with van der Waals surface area (Å²) in [6.45, 7) is 10.3. The van der Waals surface area contributed by atoms with Crippen LogP contribution in [0.15, 0.2) is 30.3 Å². The predicted molar refractivity (Wildman–Crippen MR) is 82.5 cm³/mol. The van der Waals surface area contributed by atoms with Crippen molar-refractivity contribution in [2.24, 2.45) is 0 Å². The molecule has 19 heavy (non-hydrogen) atoms. The van der Waals surface area contributed by atoms with Crippen LogP contribution >= 0.6 is 0 Å². The second-order valence-electron chi connectivity index (χ2n) is 5.82. The van der Waals surface area contributed by atoms with Crippen molar-refractivity contribution >= 4 is 16.6 Å². The molecule has 0 aliphatic carbocycles. The Balaban J connectivity index is 2.35. The highest BCUT2D eigenvalue weighted by atomic mass is 15.0. The lowest BCUT2D eigenvalue weighted by Gasteiger charge is -2.20. The molecular formula is C16H23N3. The number of benzene rings is 1. The van der Waals surface area contributed by atoms with Gasteiger partial charge in [0.25, 0.3) is 0 Å². The maximum atomic E-state index is 4.72. The van der Waals surface area contributed by atoms with Crippen molar-refractivity contribution in [1.82, 2.24) is 10.3 Å². The predicted octanol–water partition coefficient (Wildman–Crippen LogP) is 3.55. The van der Waals surface area contributed by atoms with E-state index in [-0.39, 0.29) is 5.54 Å². The maximum Gasteiger partial charge on any atom is 0.134 e. The van der Waals surface area contributed by atoms with Crippen molar-refractivity contribution < 1.29 is 0 Å². The average molecular weight is 257 g/mol. The first-order valence-electron chi connectivity index (χ1n) is 6.87. The Kier molecular flexibility index (Phi) is 4.05. The van der Waals surface area contributed by atoms with Crippen LogP contribution in [0.25, 0.3) is 10.8 Å². The maximum absolute atomic E-state index is 4.72. The van der Waals surface area contributed by atoms with Gasteiger partial charge in [0.05, 0.1) is 5.69 Å². The number of aromatic nitrogens is 1. The molecule has 0 radical (unpaired) electrons. The van der Waals surface area contributed by atoms with E-state index in [1.54, 1.807) is 0 Å². The van der Waals surface area contributed by atoms with E-state index in [1.807, 2.05) is 0 Å². The molecule has 3 nitrogen and oxygen atoms in total. The van der Waals surface area contributed by atoms with E-state index in [0.29, 0.717) is 0 Å². The zero-order valence-electron chi connectivity index (χ0n) is 12.2. The van der Waals surface area contributed by atoms with Gasteiger partial charge in [0.15, 0.2) is 0 Å². The Morgan fingerprint density at radius 2 is 1.89 bits per heavy atom. The molecule has 2 rings (SSSR count). The summed E-state index contributed by atoms with van der Waals surface area (Å²) in [6.07, 6.45) is 0. The Morgan fingerprint density at radius 1 is 1.16 bits per heavy atom. The summed E-state index contributed by atoms with van der Waals surface area (Å²) < 4.78 is 0. The van der Waals surface area contributed by atoms with Crippen molar-refractivity contribution in [3.63, 3.8) is 0 Å². The minimum Gasteiger partial charge on any atom is -0.370 e. The Hall–Kier alpha value is -1.61. The van der Waals surface area contributed by atoms with Crippen LogP contribution in [0.1, 0.15) is 33.4 Å². The molecule has 3 heteroatoms. The molecule has 2 N–H and O–H groups in total. The fourth-order valence-corrected chi connectivity index (χ4v) is 2.00. The van der Waals surface area contributed by atoms with Crippen molar-refractivity contribution in [2.75, 3.05) is 11.9 Å². The van der Waals surface area contributed by atoms with E-state index >= 15 is 0 Å². The van der Waals surface area contributed by atoms with Gasteiger partial charge in [0.1, 0.15) is 5.82 Å². The molecule has 0 saturated heterocycles. The first-order chi connectivity index (χ1) is 8.99. The molecule has 0 aliphatic heterocycles. The smallest absolute Gasteiger partial charge is 0.134 e. The number of pyridine rings is 1. The number of nitrogens with one attached hydrogen (secondary N) is 2. The van der Waals surface area contributed by atoms with Crippen molar-refractivity contribution in [2.45, 2.75) is 39.8 Å². The Bertz CT molecular complexity index is 555. The van der Waals surface area contributed by atoms with Crippen LogP contribution < -0.4 is 10.6 Å². The molecule has 0 unspecified atom stereocenters. The van der Waals surface area contributed by atoms with Gasteiger partial charge < -0.3 is 10.6 Å². The van der Waals surface area contributed by atoms with Crippen molar-refractivity contribution in [1.29, 1.82) is 0 Å². The average Bonchev–Trinajstić information content (AvgIpc) is 2.36. The number of anilines is 1. The molecule has 0 fully saturated rings. The SMILES string of the molecule is CCNc1nc(CNC(C)(C)C)cc2ccccc12. The van der Waals surface area contributed by atoms with E-state index in [4.69, 9.17) is 4.98 Å². The molecule has 0 aliphatic rings. The van der Waals surface area contributed by atoms with Crippen molar-refractivity contribution in [3.05, 3.63) is 36.0 Å². The van der Waals surface area contributed by atoms with Crippen LogP contribution in [0.5, 0.6) is 0 Å². The van der Waals surface area contributed by atoms with Crippen LogP contribution in [0.3, 0.4) is 0 Å². The third-order valence-corrected chi connectivity index (χ3v) is 2.94. The van der Waals surface area contributed by atoms with Crippen LogP contribution in [0.2, 0.25) is 0 Å². The topological polar surface area (TPSA) is 37.0 Å². The van der Waals surface area contributed by atoms with Crippen LogP contribution in [-0.2, 0) is 6.54 Å². The third kappa shape index (κ3) is 3.67. The lowest BCUT2D eigenvalue weighted by molar-refractivity contribution is 0.421. The second kappa shape index (κ2) is 5.57. The molecule has 1 heterocycles. The van der Waals surface area contributed by atoms with E-state index in [0.717, 1.165) is 24.6 Å². The zero-order chi connectivity index (χ0) is 13.9. The normalized spacial score (nSPS) is 11.8. The van der Waals surface area contributed by atoms with Gasteiger partial charge >= 0.3 is 0 Å². The monoisotopic (exact) mass is 257 g/mol. The first kappa shape index (κ1) is 13.8. The highest BCUT2D eigenvalue weighted by molar-refractivity contribution is 5.92. The summed E-state index contributed by atoms with van der Waals surface area (Å²) in [6, 6.07) is 10.5. The molecule has 0 atom stereocenters. The lowest BCUT2D eigenvalue weighted by atomic mass is 10.1. The quantitative estimate of drug-likeness (QED) is 0.879. The molecule has 0 amide bonds. The van der Waals surface area contributed by atoms with Gasteiger partial charge in [-0.15, -0.1) is 0 Å². The van der Waals surface area contributed by atoms with E-state index in [9.17, 15) is 0 Å². The molecule has 1 aromatic carbocycles. The van der Waals surface area contributed by atoms with Gasteiger partial charge in [-0.3, -0.25) is 0 Å². The highest BCUT2D eigenvalue weighted by Crippen LogP contribution is 2.22. The fourth-order valence-electron chi connectivity index (χ4n) is 2.00. The van der Waals surface area contributed by atoms with Gasteiger partial charge in [-0.25, -0.2) is 4.98 Å². The van der Waals surface area contributed by atoms with E-state index in [2.05, 4.69) is 68.7 Å². The molecular weight excluding hydrogens is 234 g/mol. The number of nitrogens with zero attached hydrogens (tertiary/aromatic N) is 1. The van der Waals surface area contributed by atoms with Gasteiger partial charge in [0, 0.05) is 24.0 Å². The second-order valence-corrected chi connectivity index (χ2v) is 5.82. The number of hydrogen-bond acceptors (Lipinski definition) is 3. The molecule has 0 saturated carbocycles. The zero-order valence-corrected chi connectivity index (χ0v) is 12.2. The molecule has 102 valence electrons. The lowest BCUT2D eigenvalue weighted by Crippen LogP contribution is -2.35. The minimum atomic E-state index is 0.103. The number of fused-ring (bicyclic) bond motifs is 1. The van der Waals surface area contributed by atoms with Gasteiger partial charge in [-0.1, -0.05) is 24.3 Å². The summed E-state index contributed by atoms with van der Waals surface area (Å²) in [5.74, 6) is 0.978. The van der Waals surface area contributed by atoms with E-state index in [1.165, 1.54) is 10.8 Å². The summed E-state index contributed by atoms with van der Waals surface area (Å²) in [7, 11) is 0. The molecule has 1 aromatic heterocycles. The largest absolute Gasteiger partial charge is 0.370 e. The molecule has 0 bridgehead atoms. The van der Waals surface area contributed by atoms with Crippen LogP contribution in [0.4, 0.5) is 5.82 Å². The first-order valence-corrected chi connectivity index (χ1v) is 6.87. The summed E-state index contributed by atoms with van der Waals surface area (Å²) in [5, 5.41) is 9.25. The van der Waals surface area contributed by atoms with Crippen LogP contribution in [-0.4, -0.2) is 17.1 Å². The standard InChI is InChI=1S/C16H23N3/c1-5-17-15-14-9-7-6-8-12(14)10-13(19-15)11-18-16(2,3)4/h6-10,18H,5,11H2,1-4H3,(H,17,19). The number of rotatable bonds is 4.